The fourth-order valence-corrected chi connectivity index (χ4v) is 4.54. The van der Waals surface area contributed by atoms with Crippen molar-refractivity contribution in [1.82, 2.24) is 9.80 Å². The molecular formula is C23H29N3S. The number of rotatable bonds is 3. The van der Waals surface area contributed by atoms with Crippen LogP contribution >= 0.6 is 12.2 Å². The molecule has 0 saturated carbocycles. The number of thiocarbonyl (C=S) groups is 1. The molecule has 142 valence electrons. The fraction of sp³-hybridized carbons (Fsp3) is 0.435. The van der Waals surface area contributed by atoms with Crippen LogP contribution in [0.25, 0.3) is 0 Å². The van der Waals surface area contributed by atoms with Crippen molar-refractivity contribution in [2.45, 2.75) is 38.6 Å². The number of piperazine rings is 1. The molecule has 0 atom stereocenters. The van der Waals surface area contributed by atoms with Crippen LogP contribution in [0.5, 0.6) is 0 Å². The third kappa shape index (κ3) is 4.17. The minimum absolute atomic E-state index is 0.556. The van der Waals surface area contributed by atoms with Gasteiger partial charge in [0, 0.05) is 37.9 Å². The molecule has 0 aromatic heterocycles. The summed E-state index contributed by atoms with van der Waals surface area (Å²) in [6, 6.07) is 18.2. The van der Waals surface area contributed by atoms with Gasteiger partial charge in [0.05, 0.1) is 0 Å². The van der Waals surface area contributed by atoms with Crippen molar-refractivity contribution < 1.29 is 0 Å². The topological polar surface area (TPSA) is 18.5 Å². The second kappa shape index (κ2) is 7.99. The zero-order chi connectivity index (χ0) is 18.8. The average Bonchev–Trinajstić information content (AvgIpc) is 3.13. The van der Waals surface area contributed by atoms with Gasteiger partial charge in [0.25, 0.3) is 0 Å². The van der Waals surface area contributed by atoms with Gasteiger partial charge < -0.3 is 10.2 Å². The van der Waals surface area contributed by atoms with Crippen LogP contribution in [0, 0.1) is 0 Å². The highest BCUT2D eigenvalue weighted by molar-refractivity contribution is 7.80. The molecule has 0 unspecified atom stereocenters. The second-order valence-electron chi connectivity index (χ2n) is 8.06. The van der Waals surface area contributed by atoms with E-state index in [1.807, 2.05) is 0 Å². The van der Waals surface area contributed by atoms with Crippen molar-refractivity contribution in [3.63, 3.8) is 0 Å². The van der Waals surface area contributed by atoms with Crippen LogP contribution in [0.2, 0.25) is 0 Å². The summed E-state index contributed by atoms with van der Waals surface area (Å²) >= 11 is 5.67. The quantitative estimate of drug-likeness (QED) is 0.802. The maximum Gasteiger partial charge on any atom is 0.173 e. The fourth-order valence-electron chi connectivity index (χ4n) is 4.24. The second-order valence-corrected chi connectivity index (χ2v) is 8.45. The Morgan fingerprint density at radius 1 is 0.926 bits per heavy atom. The van der Waals surface area contributed by atoms with Gasteiger partial charge in [-0.3, -0.25) is 4.90 Å². The van der Waals surface area contributed by atoms with Gasteiger partial charge in [0.15, 0.2) is 5.11 Å². The summed E-state index contributed by atoms with van der Waals surface area (Å²) in [6.45, 7) is 8.62. The number of nitrogens with zero attached hydrogens (tertiary/aromatic N) is 2. The van der Waals surface area contributed by atoms with Gasteiger partial charge in [-0.15, -0.1) is 0 Å². The third-order valence-electron chi connectivity index (χ3n) is 5.98. The van der Waals surface area contributed by atoms with Crippen LogP contribution in [0.4, 0.5) is 5.69 Å². The summed E-state index contributed by atoms with van der Waals surface area (Å²) in [6.07, 6.45) is 2.39. The number of benzene rings is 2. The molecule has 1 N–H and O–H groups in total. The predicted octanol–water partition coefficient (Wildman–Crippen LogP) is 4.29. The number of nitrogens with one attached hydrogen (secondary N) is 1. The molecule has 0 amide bonds. The Balaban J connectivity index is 1.28. The van der Waals surface area contributed by atoms with Crippen LogP contribution in [0.1, 0.15) is 36.5 Å². The first-order chi connectivity index (χ1) is 13.1. The zero-order valence-corrected chi connectivity index (χ0v) is 17.1. The van der Waals surface area contributed by atoms with Gasteiger partial charge in [0.2, 0.25) is 0 Å². The Hall–Kier alpha value is -1.91. The first-order valence-electron chi connectivity index (χ1n) is 10.1. The van der Waals surface area contributed by atoms with E-state index in [0.717, 1.165) is 37.0 Å². The molecule has 1 aliphatic carbocycles. The van der Waals surface area contributed by atoms with Crippen molar-refractivity contribution in [3.8, 4) is 0 Å². The van der Waals surface area contributed by atoms with E-state index in [1.54, 1.807) is 0 Å². The summed E-state index contributed by atoms with van der Waals surface area (Å²) < 4.78 is 0. The molecule has 0 bridgehead atoms. The molecule has 2 aromatic rings. The maximum atomic E-state index is 5.67. The molecule has 3 nitrogen and oxygen atoms in total. The van der Waals surface area contributed by atoms with Crippen molar-refractivity contribution in [3.05, 3.63) is 65.2 Å². The van der Waals surface area contributed by atoms with E-state index in [0.29, 0.717) is 12.0 Å². The molecule has 2 aromatic carbocycles. The summed E-state index contributed by atoms with van der Waals surface area (Å²) in [4.78, 5) is 4.96. The summed E-state index contributed by atoms with van der Waals surface area (Å²) in [5.41, 5.74) is 5.51. The first kappa shape index (κ1) is 18.5. The van der Waals surface area contributed by atoms with E-state index in [4.69, 9.17) is 12.2 Å². The lowest BCUT2D eigenvalue weighted by molar-refractivity contribution is 0.137. The lowest BCUT2D eigenvalue weighted by atomic mass is 10.0. The lowest BCUT2D eigenvalue weighted by Gasteiger charge is -2.39. The number of anilines is 1. The minimum Gasteiger partial charge on any atom is -0.346 e. The van der Waals surface area contributed by atoms with Gasteiger partial charge in [-0.2, -0.15) is 0 Å². The Morgan fingerprint density at radius 3 is 2.07 bits per heavy atom. The van der Waals surface area contributed by atoms with Crippen LogP contribution < -0.4 is 5.32 Å². The van der Waals surface area contributed by atoms with E-state index in [-0.39, 0.29) is 0 Å². The van der Waals surface area contributed by atoms with Crippen molar-refractivity contribution in [2.24, 2.45) is 0 Å². The SMILES string of the molecule is CC(C)c1ccc(NC(=S)N2CCN(C3Cc4ccccc4C3)CC2)cc1. The zero-order valence-electron chi connectivity index (χ0n) is 16.3. The Bertz CT molecular complexity index is 767. The first-order valence-corrected chi connectivity index (χ1v) is 10.5. The molecule has 27 heavy (non-hydrogen) atoms. The Kier molecular flexibility index (Phi) is 5.46. The number of hydrogen-bond acceptors (Lipinski definition) is 2. The minimum atomic E-state index is 0.556. The normalized spacial score (nSPS) is 18.0. The van der Waals surface area contributed by atoms with Crippen LogP contribution in [-0.4, -0.2) is 47.1 Å². The molecule has 1 saturated heterocycles. The molecule has 2 aliphatic rings. The molecule has 1 fully saturated rings. The molecule has 1 aliphatic heterocycles. The monoisotopic (exact) mass is 379 g/mol. The average molecular weight is 380 g/mol. The lowest BCUT2D eigenvalue weighted by Crippen LogP contribution is -2.53. The summed E-state index contributed by atoms with van der Waals surface area (Å²) in [5.74, 6) is 0.556. The van der Waals surface area contributed by atoms with Crippen molar-refractivity contribution in [1.29, 1.82) is 0 Å². The number of fused-ring (bicyclic) bond motifs is 1. The Labute approximate surface area is 168 Å². The maximum absolute atomic E-state index is 5.67. The smallest absolute Gasteiger partial charge is 0.173 e. The van der Waals surface area contributed by atoms with Gasteiger partial charge in [0.1, 0.15) is 0 Å². The standard InChI is InChI=1S/C23H29N3S/c1-17(2)18-7-9-21(10-8-18)24-23(27)26-13-11-25(12-14-26)22-15-19-5-3-4-6-20(19)16-22/h3-10,17,22H,11-16H2,1-2H3,(H,24,27). The van der Waals surface area contributed by atoms with E-state index in [9.17, 15) is 0 Å². The largest absolute Gasteiger partial charge is 0.346 e. The summed E-state index contributed by atoms with van der Waals surface area (Å²) in [5, 5.41) is 4.26. The van der Waals surface area contributed by atoms with E-state index < -0.39 is 0 Å². The molecule has 0 spiro atoms. The molecule has 0 radical (unpaired) electrons. The van der Waals surface area contributed by atoms with Crippen molar-refractivity contribution >= 4 is 23.0 Å². The van der Waals surface area contributed by atoms with E-state index >= 15 is 0 Å². The highest BCUT2D eigenvalue weighted by atomic mass is 32.1. The highest BCUT2D eigenvalue weighted by Crippen LogP contribution is 2.26. The van der Waals surface area contributed by atoms with E-state index in [2.05, 4.69) is 77.5 Å². The van der Waals surface area contributed by atoms with Crippen LogP contribution in [0.15, 0.2) is 48.5 Å². The van der Waals surface area contributed by atoms with Crippen LogP contribution in [-0.2, 0) is 12.8 Å². The molecule has 1 heterocycles. The molecule has 4 rings (SSSR count). The molecular weight excluding hydrogens is 350 g/mol. The van der Waals surface area contributed by atoms with Crippen molar-refractivity contribution in [2.75, 3.05) is 31.5 Å². The van der Waals surface area contributed by atoms with Crippen LogP contribution in [0.3, 0.4) is 0 Å². The Morgan fingerprint density at radius 2 is 1.52 bits per heavy atom. The molecule has 4 heteroatoms. The van der Waals surface area contributed by atoms with Gasteiger partial charge in [-0.1, -0.05) is 50.2 Å². The highest BCUT2D eigenvalue weighted by Gasteiger charge is 2.29. The van der Waals surface area contributed by atoms with Gasteiger partial charge in [-0.25, -0.2) is 0 Å². The predicted molar refractivity (Wildman–Crippen MR) is 118 cm³/mol. The summed E-state index contributed by atoms with van der Waals surface area (Å²) in [7, 11) is 0. The number of hydrogen-bond donors (Lipinski definition) is 1. The van der Waals surface area contributed by atoms with Gasteiger partial charge in [-0.05, 0) is 59.8 Å². The third-order valence-corrected chi connectivity index (χ3v) is 6.34. The van der Waals surface area contributed by atoms with E-state index in [1.165, 1.54) is 29.5 Å². The van der Waals surface area contributed by atoms with Gasteiger partial charge >= 0.3 is 0 Å².